The molecular formula is C18H24O2. The van der Waals surface area contributed by atoms with Crippen molar-refractivity contribution in [2.75, 3.05) is 6.61 Å². The van der Waals surface area contributed by atoms with Crippen LogP contribution in [-0.4, -0.2) is 12.7 Å². The van der Waals surface area contributed by atoms with E-state index in [4.69, 9.17) is 9.47 Å². The molecule has 2 rings (SSSR count). The summed E-state index contributed by atoms with van der Waals surface area (Å²) in [6.07, 6.45) is 0.231. The van der Waals surface area contributed by atoms with Gasteiger partial charge in [-0.25, -0.2) is 0 Å². The highest BCUT2D eigenvalue weighted by atomic mass is 16.5. The van der Waals surface area contributed by atoms with Crippen molar-refractivity contribution in [2.24, 2.45) is 5.92 Å². The topological polar surface area (TPSA) is 18.5 Å². The zero-order valence-electron chi connectivity index (χ0n) is 12.8. The van der Waals surface area contributed by atoms with E-state index in [0.717, 1.165) is 12.4 Å². The van der Waals surface area contributed by atoms with E-state index < -0.39 is 0 Å². The number of hydrogen-bond acceptors (Lipinski definition) is 2. The Balaban J connectivity index is 2.31. The Bertz CT molecular complexity index is 558. The Morgan fingerprint density at radius 2 is 1.75 bits per heavy atom. The number of fused-ring (bicyclic) bond motifs is 1. The molecule has 0 unspecified atom stereocenters. The van der Waals surface area contributed by atoms with Crippen molar-refractivity contribution in [2.45, 2.75) is 40.4 Å². The number of rotatable bonds is 6. The lowest BCUT2D eigenvalue weighted by Gasteiger charge is -2.14. The van der Waals surface area contributed by atoms with Crippen LogP contribution in [0, 0.1) is 5.92 Å². The average molecular weight is 272 g/mol. The maximum Gasteiger partial charge on any atom is 0.120 e. The summed E-state index contributed by atoms with van der Waals surface area (Å²) in [5.74, 6) is 1.46. The minimum atomic E-state index is 0.231. The molecule has 2 aromatic rings. The van der Waals surface area contributed by atoms with Crippen molar-refractivity contribution in [3.8, 4) is 5.75 Å². The van der Waals surface area contributed by atoms with Gasteiger partial charge in [-0.15, -0.1) is 0 Å². The predicted molar refractivity (Wildman–Crippen MR) is 84.2 cm³/mol. The summed E-state index contributed by atoms with van der Waals surface area (Å²) in [4.78, 5) is 0. The molecule has 0 aromatic heterocycles. The molecule has 2 nitrogen and oxygen atoms in total. The van der Waals surface area contributed by atoms with Crippen LogP contribution in [0.15, 0.2) is 36.4 Å². The van der Waals surface area contributed by atoms with Gasteiger partial charge in [0.05, 0.1) is 19.3 Å². The van der Waals surface area contributed by atoms with E-state index in [1.54, 1.807) is 0 Å². The van der Waals surface area contributed by atoms with Gasteiger partial charge >= 0.3 is 0 Å². The highest BCUT2D eigenvalue weighted by molar-refractivity contribution is 5.87. The minimum Gasteiger partial charge on any atom is -0.493 e. The van der Waals surface area contributed by atoms with Gasteiger partial charge in [0.2, 0.25) is 0 Å². The van der Waals surface area contributed by atoms with Crippen molar-refractivity contribution in [1.29, 1.82) is 0 Å². The molecule has 2 aromatic carbocycles. The lowest BCUT2D eigenvalue weighted by molar-refractivity contribution is 0.0663. The second kappa shape index (κ2) is 6.76. The Labute approximate surface area is 121 Å². The summed E-state index contributed by atoms with van der Waals surface area (Å²) in [5.41, 5.74) is 1.19. The van der Waals surface area contributed by atoms with E-state index in [2.05, 4.69) is 64.1 Å². The van der Waals surface area contributed by atoms with Gasteiger partial charge in [-0.2, -0.15) is 0 Å². The average Bonchev–Trinajstić information content (AvgIpc) is 2.42. The number of hydrogen-bond donors (Lipinski definition) is 0. The summed E-state index contributed by atoms with van der Waals surface area (Å²) >= 11 is 0. The van der Waals surface area contributed by atoms with Crippen LogP contribution >= 0.6 is 0 Å². The number of benzene rings is 2. The molecule has 0 spiro atoms. The zero-order valence-corrected chi connectivity index (χ0v) is 12.8. The molecule has 0 aliphatic rings. The lowest BCUT2D eigenvalue weighted by Crippen LogP contribution is -2.06. The molecule has 0 fully saturated rings. The maximum atomic E-state index is 5.87. The molecule has 0 amide bonds. The quantitative estimate of drug-likeness (QED) is 0.752. The van der Waals surface area contributed by atoms with Crippen LogP contribution in [0.25, 0.3) is 10.8 Å². The summed E-state index contributed by atoms with van der Waals surface area (Å²) in [6.45, 7) is 9.79. The van der Waals surface area contributed by atoms with Gasteiger partial charge in [-0.05, 0) is 48.2 Å². The molecule has 0 heterocycles. The third-order valence-corrected chi connectivity index (χ3v) is 3.08. The van der Waals surface area contributed by atoms with E-state index in [1.165, 1.54) is 16.3 Å². The molecule has 0 N–H and O–H groups in total. The monoisotopic (exact) mass is 272 g/mol. The molecule has 0 saturated heterocycles. The van der Waals surface area contributed by atoms with Crippen molar-refractivity contribution >= 4 is 10.8 Å². The fraction of sp³-hybridized carbons (Fsp3) is 0.444. The SMILES string of the molecule is CC(C)COc1cc(COC(C)C)c2ccccc2c1. The Morgan fingerprint density at radius 3 is 2.45 bits per heavy atom. The van der Waals surface area contributed by atoms with E-state index in [9.17, 15) is 0 Å². The molecule has 108 valence electrons. The number of ether oxygens (including phenoxy) is 2. The van der Waals surface area contributed by atoms with Crippen LogP contribution in [0.5, 0.6) is 5.75 Å². The van der Waals surface area contributed by atoms with Crippen molar-refractivity contribution in [3.63, 3.8) is 0 Å². The molecule has 0 atom stereocenters. The van der Waals surface area contributed by atoms with Crippen molar-refractivity contribution in [1.82, 2.24) is 0 Å². The van der Waals surface area contributed by atoms with Crippen LogP contribution in [0.2, 0.25) is 0 Å². The third-order valence-electron chi connectivity index (χ3n) is 3.08. The van der Waals surface area contributed by atoms with E-state index >= 15 is 0 Å². The molecular weight excluding hydrogens is 248 g/mol. The first-order chi connectivity index (χ1) is 9.56. The fourth-order valence-corrected chi connectivity index (χ4v) is 2.08. The van der Waals surface area contributed by atoms with Crippen molar-refractivity contribution < 1.29 is 9.47 Å². The standard InChI is InChI=1S/C18H24O2/c1-13(2)11-20-17-9-15-7-5-6-8-18(15)16(10-17)12-19-14(3)4/h5-10,13-14H,11-12H2,1-4H3. The van der Waals surface area contributed by atoms with Crippen LogP contribution in [-0.2, 0) is 11.3 Å². The summed E-state index contributed by atoms with van der Waals surface area (Å²) in [7, 11) is 0. The lowest BCUT2D eigenvalue weighted by atomic mass is 10.0. The molecule has 0 aliphatic heterocycles. The van der Waals surface area contributed by atoms with E-state index in [0.29, 0.717) is 12.5 Å². The predicted octanol–water partition coefficient (Wildman–Crippen LogP) is 4.80. The molecule has 0 saturated carbocycles. The van der Waals surface area contributed by atoms with Gasteiger partial charge in [0.15, 0.2) is 0 Å². The van der Waals surface area contributed by atoms with Crippen LogP contribution in [0.3, 0.4) is 0 Å². The largest absolute Gasteiger partial charge is 0.493 e. The normalized spacial score (nSPS) is 11.5. The molecule has 20 heavy (non-hydrogen) atoms. The molecule has 0 bridgehead atoms. The van der Waals surface area contributed by atoms with Crippen LogP contribution < -0.4 is 4.74 Å². The van der Waals surface area contributed by atoms with Crippen LogP contribution in [0.4, 0.5) is 0 Å². The second-order valence-corrected chi connectivity index (χ2v) is 5.87. The smallest absolute Gasteiger partial charge is 0.120 e. The van der Waals surface area contributed by atoms with Gasteiger partial charge in [0.1, 0.15) is 5.75 Å². The van der Waals surface area contributed by atoms with Gasteiger partial charge in [-0.3, -0.25) is 0 Å². The van der Waals surface area contributed by atoms with Gasteiger partial charge < -0.3 is 9.47 Å². The highest BCUT2D eigenvalue weighted by Gasteiger charge is 2.07. The molecule has 0 aliphatic carbocycles. The first-order valence-electron chi connectivity index (χ1n) is 7.32. The summed E-state index contributed by atoms with van der Waals surface area (Å²) < 4.78 is 11.6. The first kappa shape index (κ1) is 14.9. The summed E-state index contributed by atoms with van der Waals surface area (Å²) in [6, 6.07) is 12.6. The Hall–Kier alpha value is -1.54. The highest BCUT2D eigenvalue weighted by Crippen LogP contribution is 2.26. The van der Waals surface area contributed by atoms with E-state index in [1.807, 2.05) is 0 Å². The maximum absolute atomic E-state index is 5.87. The third kappa shape index (κ3) is 3.97. The zero-order chi connectivity index (χ0) is 14.5. The second-order valence-electron chi connectivity index (χ2n) is 5.87. The minimum absolute atomic E-state index is 0.231. The van der Waals surface area contributed by atoms with E-state index in [-0.39, 0.29) is 6.10 Å². The Kier molecular flexibility index (Phi) is 5.02. The fourth-order valence-electron chi connectivity index (χ4n) is 2.08. The Morgan fingerprint density at radius 1 is 1.00 bits per heavy atom. The van der Waals surface area contributed by atoms with Gasteiger partial charge in [0, 0.05) is 0 Å². The van der Waals surface area contributed by atoms with Gasteiger partial charge in [-0.1, -0.05) is 38.1 Å². The molecule has 0 radical (unpaired) electrons. The van der Waals surface area contributed by atoms with Crippen molar-refractivity contribution in [3.05, 3.63) is 42.0 Å². The summed E-state index contributed by atoms with van der Waals surface area (Å²) in [5, 5.41) is 2.45. The van der Waals surface area contributed by atoms with Gasteiger partial charge in [0.25, 0.3) is 0 Å². The molecule has 2 heteroatoms. The van der Waals surface area contributed by atoms with Crippen LogP contribution in [0.1, 0.15) is 33.3 Å². The first-order valence-corrected chi connectivity index (χ1v) is 7.32.